The first-order valence-electron chi connectivity index (χ1n) is 7.80. The predicted octanol–water partition coefficient (Wildman–Crippen LogP) is 2.18. The summed E-state index contributed by atoms with van der Waals surface area (Å²) >= 11 is 0. The molecule has 0 aliphatic heterocycles. The fourth-order valence-corrected chi connectivity index (χ4v) is 3.56. The number of rotatable bonds is 6. The zero-order valence-corrected chi connectivity index (χ0v) is 13.8. The van der Waals surface area contributed by atoms with Crippen LogP contribution in [0, 0.1) is 5.92 Å². The molecule has 0 atom stereocenters. The molecule has 1 aromatic carbocycles. The van der Waals surface area contributed by atoms with Crippen molar-refractivity contribution in [3.8, 4) is 0 Å². The first kappa shape index (κ1) is 17.0. The Morgan fingerprint density at radius 2 is 1.77 bits per heavy atom. The van der Waals surface area contributed by atoms with Gasteiger partial charge in [0.15, 0.2) is 0 Å². The molecule has 0 unspecified atom stereocenters. The van der Waals surface area contributed by atoms with Crippen molar-refractivity contribution < 1.29 is 13.2 Å². The van der Waals surface area contributed by atoms with Crippen molar-refractivity contribution in [2.24, 2.45) is 5.92 Å². The van der Waals surface area contributed by atoms with E-state index in [0.29, 0.717) is 18.9 Å². The maximum atomic E-state index is 11.9. The lowest BCUT2D eigenvalue weighted by Gasteiger charge is -2.20. The smallest absolute Gasteiger partial charge is 0.240 e. The van der Waals surface area contributed by atoms with Crippen LogP contribution in [0.2, 0.25) is 0 Å². The molecular formula is C16H24N2O3S. The zero-order chi connectivity index (χ0) is 16.0. The summed E-state index contributed by atoms with van der Waals surface area (Å²) in [7, 11) is -2.02. The average Bonchev–Trinajstić information content (AvgIpc) is 2.54. The number of carbonyl (C=O) groups excluding carboxylic acids is 1. The van der Waals surface area contributed by atoms with Gasteiger partial charge in [-0.05, 0) is 43.5 Å². The third-order valence-electron chi connectivity index (χ3n) is 4.19. The molecule has 22 heavy (non-hydrogen) atoms. The Labute approximate surface area is 132 Å². The largest absolute Gasteiger partial charge is 0.352 e. The Kier molecular flexibility index (Phi) is 5.97. The highest BCUT2D eigenvalue weighted by Gasteiger charge is 2.17. The Bertz CT molecular complexity index is 590. The van der Waals surface area contributed by atoms with Crippen molar-refractivity contribution in [2.75, 3.05) is 7.05 Å². The molecule has 1 aliphatic rings. The minimum Gasteiger partial charge on any atom is -0.352 e. The van der Waals surface area contributed by atoms with Gasteiger partial charge >= 0.3 is 0 Å². The lowest BCUT2D eigenvalue weighted by Crippen LogP contribution is -2.26. The molecule has 1 aromatic rings. The van der Waals surface area contributed by atoms with Gasteiger partial charge in [0.25, 0.3) is 0 Å². The van der Waals surface area contributed by atoms with Crippen LogP contribution >= 0.6 is 0 Å². The number of nitrogens with one attached hydrogen (secondary N) is 2. The van der Waals surface area contributed by atoms with Crippen LogP contribution in [-0.4, -0.2) is 21.4 Å². The Morgan fingerprint density at radius 1 is 1.14 bits per heavy atom. The Balaban J connectivity index is 1.82. The molecule has 0 bridgehead atoms. The third kappa shape index (κ3) is 4.81. The summed E-state index contributed by atoms with van der Waals surface area (Å²) in [4.78, 5) is 12.2. The highest BCUT2D eigenvalue weighted by Crippen LogP contribution is 2.26. The van der Waals surface area contributed by atoms with E-state index < -0.39 is 10.0 Å². The standard InChI is InChI=1S/C16H24N2O3S/c1-17-22(20,21)15-9-7-14(8-10-15)12-18-16(19)11-13-5-3-2-4-6-13/h7-10,13,17H,2-6,11-12H2,1H3,(H,18,19). The second-order valence-corrected chi connectivity index (χ2v) is 7.72. The molecule has 0 heterocycles. The van der Waals surface area contributed by atoms with Crippen molar-refractivity contribution >= 4 is 15.9 Å². The van der Waals surface area contributed by atoms with Gasteiger partial charge in [0.1, 0.15) is 0 Å². The van der Waals surface area contributed by atoms with Gasteiger partial charge in [-0.3, -0.25) is 4.79 Å². The summed E-state index contributed by atoms with van der Waals surface area (Å²) in [5, 5.41) is 2.91. The minimum absolute atomic E-state index is 0.0822. The van der Waals surface area contributed by atoms with Gasteiger partial charge in [0, 0.05) is 13.0 Å². The molecule has 2 rings (SSSR count). The van der Waals surface area contributed by atoms with Crippen LogP contribution in [0.5, 0.6) is 0 Å². The molecule has 1 aliphatic carbocycles. The molecule has 2 N–H and O–H groups in total. The van der Waals surface area contributed by atoms with Gasteiger partial charge in [-0.1, -0.05) is 31.4 Å². The van der Waals surface area contributed by atoms with Gasteiger partial charge < -0.3 is 5.32 Å². The number of sulfonamides is 1. The number of amides is 1. The predicted molar refractivity (Wildman–Crippen MR) is 85.7 cm³/mol. The minimum atomic E-state index is -3.40. The van der Waals surface area contributed by atoms with E-state index >= 15 is 0 Å². The molecule has 0 radical (unpaired) electrons. The van der Waals surface area contributed by atoms with Gasteiger partial charge in [0.2, 0.25) is 15.9 Å². The normalized spacial score (nSPS) is 16.4. The molecule has 5 nitrogen and oxygen atoms in total. The highest BCUT2D eigenvalue weighted by atomic mass is 32.2. The number of hydrogen-bond donors (Lipinski definition) is 2. The van der Waals surface area contributed by atoms with Crippen molar-refractivity contribution in [2.45, 2.75) is 50.0 Å². The topological polar surface area (TPSA) is 75.3 Å². The van der Waals surface area contributed by atoms with Crippen molar-refractivity contribution in [1.29, 1.82) is 0 Å². The van der Waals surface area contributed by atoms with Crippen LogP contribution in [0.4, 0.5) is 0 Å². The Morgan fingerprint density at radius 3 is 2.36 bits per heavy atom. The lowest BCUT2D eigenvalue weighted by molar-refractivity contribution is -0.122. The van der Waals surface area contributed by atoms with Gasteiger partial charge in [-0.2, -0.15) is 0 Å². The molecule has 0 spiro atoms. The summed E-state index contributed by atoms with van der Waals surface area (Å²) in [5.41, 5.74) is 0.895. The van der Waals surface area contributed by atoms with E-state index in [1.165, 1.54) is 26.3 Å². The first-order chi connectivity index (χ1) is 10.5. The quantitative estimate of drug-likeness (QED) is 0.842. The van der Waals surface area contributed by atoms with Gasteiger partial charge in [-0.25, -0.2) is 13.1 Å². The van der Waals surface area contributed by atoms with E-state index in [1.807, 2.05) is 0 Å². The highest BCUT2D eigenvalue weighted by molar-refractivity contribution is 7.89. The average molecular weight is 324 g/mol. The number of carbonyl (C=O) groups is 1. The van der Waals surface area contributed by atoms with E-state index in [4.69, 9.17) is 0 Å². The Hall–Kier alpha value is -1.40. The van der Waals surface area contributed by atoms with Crippen molar-refractivity contribution in [3.05, 3.63) is 29.8 Å². The van der Waals surface area contributed by atoms with Crippen LogP contribution < -0.4 is 10.0 Å². The molecule has 1 fully saturated rings. The molecule has 122 valence electrons. The van der Waals surface area contributed by atoms with Crippen molar-refractivity contribution in [1.82, 2.24) is 10.0 Å². The molecular weight excluding hydrogens is 300 g/mol. The van der Waals surface area contributed by atoms with Crippen molar-refractivity contribution in [3.63, 3.8) is 0 Å². The van der Waals surface area contributed by atoms with Crippen LogP contribution in [0.1, 0.15) is 44.1 Å². The van der Waals surface area contributed by atoms with Crippen LogP contribution in [-0.2, 0) is 21.4 Å². The SMILES string of the molecule is CNS(=O)(=O)c1ccc(CNC(=O)CC2CCCCC2)cc1. The molecule has 6 heteroatoms. The fraction of sp³-hybridized carbons (Fsp3) is 0.562. The molecule has 0 saturated heterocycles. The van der Waals surface area contributed by atoms with E-state index in [1.54, 1.807) is 24.3 Å². The van der Waals surface area contributed by atoms with E-state index in [-0.39, 0.29) is 10.8 Å². The molecule has 1 saturated carbocycles. The van der Waals surface area contributed by atoms with E-state index in [2.05, 4.69) is 10.0 Å². The second kappa shape index (κ2) is 7.74. The number of benzene rings is 1. The summed E-state index contributed by atoms with van der Waals surface area (Å²) < 4.78 is 25.5. The second-order valence-electron chi connectivity index (χ2n) is 5.84. The third-order valence-corrected chi connectivity index (χ3v) is 5.62. The van der Waals surface area contributed by atoms with Gasteiger partial charge in [-0.15, -0.1) is 0 Å². The monoisotopic (exact) mass is 324 g/mol. The summed E-state index contributed by atoms with van der Waals surface area (Å²) in [6, 6.07) is 6.55. The zero-order valence-electron chi connectivity index (χ0n) is 13.0. The lowest BCUT2D eigenvalue weighted by atomic mass is 9.87. The summed E-state index contributed by atoms with van der Waals surface area (Å²) in [5.74, 6) is 0.607. The molecule has 0 aromatic heterocycles. The van der Waals surface area contributed by atoms with Crippen LogP contribution in [0.15, 0.2) is 29.2 Å². The fourth-order valence-electron chi connectivity index (χ4n) is 2.83. The summed E-state index contributed by atoms with van der Waals surface area (Å²) in [6.45, 7) is 0.436. The maximum absolute atomic E-state index is 11.9. The number of hydrogen-bond acceptors (Lipinski definition) is 3. The van der Waals surface area contributed by atoms with Crippen LogP contribution in [0.25, 0.3) is 0 Å². The first-order valence-corrected chi connectivity index (χ1v) is 9.29. The molecule has 1 amide bonds. The van der Waals surface area contributed by atoms with E-state index in [9.17, 15) is 13.2 Å². The van der Waals surface area contributed by atoms with Gasteiger partial charge in [0.05, 0.1) is 4.90 Å². The van der Waals surface area contributed by atoms with Crippen LogP contribution in [0.3, 0.4) is 0 Å². The maximum Gasteiger partial charge on any atom is 0.240 e. The van der Waals surface area contributed by atoms with E-state index in [0.717, 1.165) is 18.4 Å². The summed E-state index contributed by atoms with van der Waals surface area (Å²) in [6.07, 6.45) is 6.68.